The number of fused-ring (bicyclic) bond motifs is 1. The van der Waals surface area contributed by atoms with Crippen LogP contribution in [-0.4, -0.2) is 81.7 Å². The van der Waals surface area contributed by atoms with Crippen LogP contribution in [0.2, 0.25) is 0 Å². The van der Waals surface area contributed by atoms with Gasteiger partial charge in [-0.05, 0) is 48.7 Å². The molecule has 2 unspecified atom stereocenters. The van der Waals surface area contributed by atoms with Crippen molar-refractivity contribution in [3.05, 3.63) is 48.0 Å². The van der Waals surface area contributed by atoms with Crippen LogP contribution in [0.3, 0.4) is 0 Å². The fourth-order valence-corrected chi connectivity index (χ4v) is 4.42. The van der Waals surface area contributed by atoms with Crippen molar-refractivity contribution in [1.29, 1.82) is 0 Å². The minimum atomic E-state index is -0.695. The van der Waals surface area contributed by atoms with E-state index in [9.17, 15) is 9.90 Å². The molecule has 1 saturated heterocycles. The molecule has 1 amide bonds. The van der Waals surface area contributed by atoms with Gasteiger partial charge in [-0.1, -0.05) is 12.1 Å². The Bertz CT molecular complexity index is 1040. The average Bonchev–Trinajstić information content (AvgIpc) is 2.93. The number of rotatable bonds is 9. The second-order valence-electron chi connectivity index (χ2n) is 8.78. The predicted molar refractivity (Wildman–Crippen MR) is 135 cm³/mol. The summed E-state index contributed by atoms with van der Waals surface area (Å²) in [6.07, 6.45) is 3.81. The van der Waals surface area contributed by atoms with Gasteiger partial charge in [-0.2, -0.15) is 0 Å². The molecular weight excluding hydrogens is 464 g/mol. The van der Waals surface area contributed by atoms with Crippen molar-refractivity contribution in [1.82, 2.24) is 10.2 Å². The Morgan fingerprint density at radius 1 is 1.11 bits per heavy atom. The number of hydrogen-bond acceptors (Lipinski definition) is 8. The number of piperidine rings is 1. The molecule has 9 nitrogen and oxygen atoms in total. The fraction of sp³-hybridized carbons (Fsp3) is 0.444. The molecule has 0 aromatic heterocycles. The first-order chi connectivity index (χ1) is 17.5. The maximum atomic E-state index is 12.7. The van der Waals surface area contributed by atoms with Crippen molar-refractivity contribution < 1.29 is 33.6 Å². The van der Waals surface area contributed by atoms with E-state index in [0.29, 0.717) is 55.0 Å². The lowest BCUT2D eigenvalue weighted by molar-refractivity contribution is -0.127. The minimum absolute atomic E-state index is 0.0475. The number of para-hydroxylation sites is 2. The van der Waals surface area contributed by atoms with Gasteiger partial charge in [0.05, 0.1) is 21.3 Å². The summed E-state index contributed by atoms with van der Waals surface area (Å²) >= 11 is 0. The molecule has 0 bridgehead atoms. The van der Waals surface area contributed by atoms with Crippen molar-refractivity contribution in [2.45, 2.75) is 31.1 Å². The fourth-order valence-electron chi connectivity index (χ4n) is 4.42. The number of likely N-dealkylation sites (tertiary alicyclic amines) is 1. The molecule has 2 aromatic carbocycles. The van der Waals surface area contributed by atoms with Crippen LogP contribution in [0.1, 0.15) is 18.4 Å². The van der Waals surface area contributed by atoms with Crippen molar-refractivity contribution >= 4 is 12.0 Å². The van der Waals surface area contributed by atoms with Gasteiger partial charge in [-0.25, -0.2) is 0 Å². The second kappa shape index (κ2) is 12.0. The van der Waals surface area contributed by atoms with Crippen LogP contribution in [0.4, 0.5) is 0 Å². The van der Waals surface area contributed by atoms with Crippen LogP contribution in [0.25, 0.3) is 6.08 Å². The third kappa shape index (κ3) is 6.03. The van der Waals surface area contributed by atoms with E-state index < -0.39 is 12.2 Å². The quantitative estimate of drug-likeness (QED) is 0.509. The molecule has 0 aliphatic carbocycles. The lowest BCUT2D eigenvalue weighted by Gasteiger charge is -2.34. The highest BCUT2D eigenvalue weighted by atomic mass is 16.6. The number of nitrogens with zero attached hydrogens (tertiary/aromatic N) is 1. The molecule has 0 spiro atoms. The molecule has 2 atom stereocenters. The van der Waals surface area contributed by atoms with Gasteiger partial charge in [0, 0.05) is 31.8 Å². The minimum Gasteiger partial charge on any atom is -0.493 e. The summed E-state index contributed by atoms with van der Waals surface area (Å²) in [5.74, 6) is 2.88. The zero-order valence-electron chi connectivity index (χ0n) is 20.9. The molecule has 36 heavy (non-hydrogen) atoms. The summed E-state index contributed by atoms with van der Waals surface area (Å²) in [4.78, 5) is 14.6. The summed E-state index contributed by atoms with van der Waals surface area (Å²) in [7, 11) is 4.67. The maximum Gasteiger partial charge on any atom is 0.246 e. The van der Waals surface area contributed by atoms with E-state index in [-0.39, 0.29) is 11.9 Å². The largest absolute Gasteiger partial charge is 0.493 e. The van der Waals surface area contributed by atoms with Crippen LogP contribution < -0.4 is 29.0 Å². The molecule has 194 valence electrons. The van der Waals surface area contributed by atoms with E-state index in [0.717, 1.165) is 18.4 Å². The number of methoxy groups -OCH3 is 3. The van der Waals surface area contributed by atoms with E-state index >= 15 is 0 Å². The number of hydrogen-bond donors (Lipinski definition) is 2. The van der Waals surface area contributed by atoms with Crippen LogP contribution in [-0.2, 0) is 4.79 Å². The molecule has 9 heteroatoms. The van der Waals surface area contributed by atoms with Gasteiger partial charge in [0.2, 0.25) is 11.7 Å². The van der Waals surface area contributed by atoms with E-state index in [4.69, 9.17) is 23.7 Å². The Morgan fingerprint density at radius 3 is 2.42 bits per heavy atom. The molecule has 0 radical (unpaired) electrons. The highest BCUT2D eigenvalue weighted by molar-refractivity contribution is 5.92. The van der Waals surface area contributed by atoms with Crippen LogP contribution >= 0.6 is 0 Å². The predicted octanol–water partition coefficient (Wildman–Crippen LogP) is 2.51. The van der Waals surface area contributed by atoms with Crippen molar-refractivity contribution in [3.8, 4) is 28.7 Å². The van der Waals surface area contributed by atoms with E-state index in [1.165, 1.54) is 0 Å². The molecule has 2 aromatic rings. The smallest absolute Gasteiger partial charge is 0.246 e. The van der Waals surface area contributed by atoms with Crippen molar-refractivity contribution in [3.63, 3.8) is 0 Å². The zero-order valence-corrected chi connectivity index (χ0v) is 20.9. The summed E-state index contributed by atoms with van der Waals surface area (Å²) in [6, 6.07) is 11.3. The third-order valence-corrected chi connectivity index (χ3v) is 6.49. The molecular formula is C27H34N2O7. The molecule has 2 N–H and O–H groups in total. The normalized spacial score (nSPS) is 18.7. The standard InChI is InChI=1S/C27H34N2O7/c1-32-23-14-18(15-24(33-2)27(23)34-3)8-9-26(31)29-12-10-19(11-13-29)28-16-20(30)25-17-35-21-6-4-5-7-22(21)36-25/h4-9,14-15,19-20,25,28,30H,10-13,16-17H2,1-3H3/b9-8+. The number of carbonyl (C=O) groups excluding carboxylic acids is 1. The first-order valence-corrected chi connectivity index (χ1v) is 12.1. The SMILES string of the molecule is COc1cc(/C=C/C(=O)N2CCC(NCC(O)C3COc4ccccc4O3)CC2)cc(OC)c1OC. The van der Waals surface area contributed by atoms with Gasteiger partial charge in [0.15, 0.2) is 29.1 Å². The lowest BCUT2D eigenvalue weighted by Crippen LogP contribution is -2.50. The number of aliphatic hydroxyl groups excluding tert-OH is 1. The number of aliphatic hydroxyl groups is 1. The van der Waals surface area contributed by atoms with Gasteiger partial charge in [0.25, 0.3) is 0 Å². The molecule has 1 fully saturated rings. The average molecular weight is 499 g/mol. The molecule has 0 saturated carbocycles. The Balaban J connectivity index is 1.24. The second-order valence-corrected chi connectivity index (χ2v) is 8.78. The van der Waals surface area contributed by atoms with Gasteiger partial charge in [0.1, 0.15) is 12.7 Å². The molecule has 2 heterocycles. The Morgan fingerprint density at radius 2 is 1.78 bits per heavy atom. The Labute approximate surface area is 211 Å². The number of amides is 1. The summed E-state index contributed by atoms with van der Waals surface area (Å²) in [6.45, 7) is 1.99. The lowest BCUT2D eigenvalue weighted by atomic mass is 10.0. The topological polar surface area (TPSA) is 98.7 Å². The highest BCUT2D eigenvalue weighted by Gasteiger charge is 2.29. The van der Waals surface area contributed by atoms with E-state index in [1.807, 2.05) is 29.2 Å². The molecule has 4 rings (SSSR count). The van der Waals surface area contributed by atoms with Gasteiger partial charge in [-0.15, -0.1) is 0 Å². The van der Waals surface area contributed by atoms with Crippen LogP contribution in [0.5, 0.6) is 28.7 Å². The zero-order chi connectivity index (χ0) is 25.5. The Hall–Kier alpha value is -3.43. The highest BCUT2D eigenvalue weighted by Crippen LogP contribution is 2.38. The van der Waals surface area contributed by atoms with Gasteiger partial charge in [-0.3, -0.25) is 4.79 Å². The van der Waals surface area contributed by atoms with Crippen molar-refractivity contribution in [2.24, 2.45) is 0 Å². The monoisotopic (exact) mass is 498 g/mol. The van der Waals surface area contributed by atoms with Gasteiger partial charge >= 0.3 is 0 Å². The van der Waals surface area contributed by atoms with Crippen LogP contribution in [0, 0.1) is 0 Å². The number of carbonyl (C=O) groups is 1. The number of benzene rings is 2. The molecule has 2 aliphatic rings. The van der Waals surface area contributed by atoms with Gasteiger partial charge < -0.3 is 39.0 Å². The maximum absolute atomic E-state index is 12.7. The van der Waals surface area contributed by atoms with E-state index in [1.54, 1.807) is 45.6 Å². The first kappa shape index (κ1) is 25.7. The summed E-state index contributed by atoms with van der Waals surface area (Å²) in [5.41, 5.74) is 0.778. The summed E-state index contributed by atoms with van der Waals surface area (Å²) in [5, 5.41) is 14.0. The van der Waals surface area contributed by atoms with Crippen molar-refractivity contribution in [2.75, 3.05) is 47.6 Å². The third-order valence-electron chi connectivity index (χ3n) is 6.49. The first-order valence-electron chi connectivity index (χ1n) is 12.1. The number of ether oxygens (including phenoxy) is 5. The van der Waals surface area contributed by atoms with E-state index in [2.05, 4.69) is 5.32 Å². The van der Waals surface area contributed by atoms with Crippen LogP contribution in [0.15, 0.2) is 42.5 Å². The summed E-state index contributed by atoms with van der Waals surface area (Å²) < 4.78 is 27.7. The Kier molecular flexibility index (Phi) is 8.56. The molecule has 2 aliphatic heterocycles. The number of nitrogens with one attached hydrogen (secondary N) is 1.